The van der Waals surface area contributed by atoms with Gasteiger partial charge in [-0.2, -0.15) is 0 Å². The lowest BCUT2D eigenvalue weighted by molar-refractivity contribution is 0.414. The summed E-state index contributed by atoms with van der Waals surface area (Å²) in [5, 5.41) is 3.35. The highest BCUT2D eigenvalue weighted by molar-refractivity contribution is 5.52. The third kappa shape index (κ3) is 2.73. The second-order valence-corrected chi connectivity index (χ2v) is 5.65. The van der Waals surface area contributed by atoms with Crippen LogP contribution in [0.1, 0.15) is 42.9 Å². The summed E-state index contributed by atoms with van der Waals surface area (Å²) in [5.41, 5.74) is 3.15. The van der Waals surface area contributed by atoms with Gasteiger partial charge in [-0.15, -0.1) is 0 Å². The quantitative estimate of drug-likeness (QED) is 0.867. The molecule has 0 bridgehead atoms. The topological polar surface area (TPSA) is 21.3 Å². The number of anilines is 1. The first-order valence-electron chi connectivity index (χ1n) is 7.38. The number of methoxy groups -OCH3 is 1. The Labute approximate surface area is 125 Å². The molecule has 0 amide bonds. The Balaban J connectivity index is 1.91. The Morgan fingerprint density at radius 1 is 1.10 bits per heavy atom. The van der Waals surface area contributed by atoms with Crippen LogP contribution in [-0.2, 0) is 0 Å². The summed E-state index contributed by atoms with van der Waals surface area (Å²) in [6.45, 7) is 2.25. The van der Waals surface area contributed by atoms with Gasteiger partial charge in [-0.3, -0.25) is 0 Å². The summed E-state index contributed by atoms with van der Waals surface area (Å²) in [6.07, 6.45) is 2.12. The van der Waals surface area contributed by atoms with E-state index < -0.39 is 0 Å². The minimum atomic E-state index is -0.244. The van der Waals surface area contributed by atoms with Gasteiger partial charge >= 0.3 is 0 Å². The molecule has 2 nitrogen and oxygen atoms in total. The molecule has 0 saturated carbocycles. The standard InChI is InChI=1S/C18H20FNO/c1-12-7-10-17(15-6-4-3-5-14(12)15)20-18-11-13(21-2)8-9-16(18)19/h3-6,8-9,11-12,17,20H,7,10H2,1-2H3. The van der Waals surface area contributed by atoms with Gasteiger partial charge in [0.2, 0.25) is 0 Å². The summed E-state index contributed by atoms with van der Waals surface area (Å²) in [4.78, 5) is 0. The Bertz CT molecular complexity index is 641. The summed E-state index contributed by atoms with van der Waals surface area (Å²) in [6, 6.07) is 13.4. The lowest BCUT2D eigenvalue weighted by atomic mass is 9.81. The number of fused-ring (bicyclic) bond motifs is 1. The second-order valence-electron chi connectivity index (χ2n) is 5.65. The number of nitrogens with one attached hydrogen (secondary N) is 1. The van der Waals surface area contributed by atoms with Crippen molar-refractivity contribution in [2.75, 3.05) is 12.4 Å². The molecule has 2 aromatic rings. The average Bonchev–Trinajstić information content (AvgIpc) is 2.52. The molecular formula is C18H20FNO. The zero-order valence-corrected chi connectivity index (χ0v) is 12.4. The molecule has 1 N–H and O–H groups in total. The zero-order valence-electron chi connectivity index (χ0n) is 12.4. The number of halogens is 1. The molecule has 0 fully saturated rings. The smallest absolute Gasteiger partial charge is 0.146 e. The van der Waals surface area contributed by atoms with Crippen molar-refractivity contribution < 1.29 is 9.13 Å². The predicted molar refractivity (Wildman–Crippen MR) is 83.4 cm³/mol. The minimum Gasteiger partial charge on any atom is -0.497 e. The Kier molecular flexibility index (Phi) is 3.82. The van der Waals surface area contributed by atoms with Crippen molar-refractivity contribution in [2.45, 2.75) is 31.7 Å². The number of rotatable bonds is 3. The van der Waals surface area contributed by atoms with E-state index in [1.807, 2.05) is 6.07 Å². The van der Waals surface area contributed by atoms with Gasteiger partial charge in [0, 0.05) is 6.07 Å². The molecule has 110 valence electrons. The van der Waals surface area contributed by atoms with E-state index >= 15 is 0 Å². The van der Waals surface area contributed by atoms with Crippen molar-refractivity contribution in [1.29, 1.82) is 0 Å². The second kappa shape index (κ2) is 5.76. The van der Waals surface area contributed by atoms with Gasteiger partial charge in [-0.05, 0) is 42.0 Å². The van der Waals surface area contributed by atoms with E-state index in [0.717, 1.165) is 12.8 Å². The van der Waals surface area contributed by atoms with E-state index in [1.54, 1.807) is 19.2 Å². The molecule has 0 radical (unpaired) electrons. The molecule has 2 aromatic carbocycles. The maximum atomic E-state index is 14.0. The van der Waals surface area contributed by atoms with Crippen LogP contribution in [0.15, 0.2) is 42.5 Å². The van der Waals surface area contributed by atoms with Gasteiger partial charge in [-0.1, -0.05) is 31.2 Å². The first-order valence-corrected chi connectivity index (χ1v) is 7.38. The zero-order chi connectivity index (χ0) is 14.8. The predicted octanol–water partition coefficient (Wildman–Crippen LogP) is 4.88. The third-order valence-corrected chi connectivity index (χ3v) is 4.29. The van der Waals surface area contributed by atoms with Crippen LogP contribution in [0.4, 0.5) is 10.1 Å². The first kappa shape index (κ1) is 13.9. The lowest BCUT2D eigenvalue weighted by Gasteiger charge is -2.31. The fourth-order valence-electron chi connectivity index (χ4n) is 3.08. The van der Waals surface area contributed by atoms with Crippen LogP contribution >= 0.6 is 0 Å². The molecule has 0 aromatic heterocycles. The van der Waals surface area contributed by atoms with Gasteiger partial charge in [0.1, 0.15) is 11.6 Å². The normalized spacial score (nSPS) is 20.7. The van der Waals surface area contributed by atoms with Crippen LogP contribution in [0.2, 0.25) is 0 Å². The molecule has 21 heavy (non-hydrogen) atoms. The Hall–Kier alpha value is -2.03. The van der Waals surface area contributed by atoms with Crippen molar-refractivity contribution in [3.63, 3.8) is 0 Å². The minimum absolute atomic E-state index is 0.152. The van der Waals surface area contributed by atoms with Crippen LogP contribution in [0, 0.1) is 5.82 Å². The molecule has 3 heteroatoms. The number of hydrogen-bond acceptors (Lipinski definition) is 2. The highest BCUT2D eigenvalue weighted by Crippen LogP contribution is 2.39. The number of hydrogen-bond donors (Lipinski definition) is 1. The van der Waals surface area contributed by atoms with Gasteiger partial charge in [-0.25, -0.2) is 4.39 Å². The molecule has 1 aliphatic rings. The highest BCUT2D eigenvalue weighted by Gasteiger charge is 2.24. The maximum absolute atomic E-state index is 14.0. The summed E-state index contributed by atoms with van der Waals surface area (Å²) in [5.74, 6) is 0.984. The molecule has 0 heterocycles. The van der Waals surface area contributed by atoms with Gasteiger partial charge in [0.15, 0.2) is 0 Å². The van der Waals surface area contributed by atoms with E-state index in [0.29, 0.717) is 17.4 Å². The van der Waals surface area contributed by atoms with E-state index in [-0.39, 0.29) is 11.9 Å². The third-order valence-electron chi connectivity index (χ3n) is 4.29. The van der Waals surface area contributed by atoms with E-state index in [1.165, 1.54) is 17.2 Å². The van der Waals surface area contributed by atoms with E-state index in [2.05, 4.69) is 30.4 Å². The summed E-state index contributed by atoms with van der Waals surface area (Å²) >= 11 is 0. The number of benzene rings is 2. The van der Waals surface area contributed by atoms with Crippen molar-refractivity contribution in [3.8, 4) is 5.75 Å². The largest absolute Gasteiger partial charge is 0.497 e. The van der Waals surface area contributed by atoms with Gasteiger partial charge in [0.05, 0.1) is 18.8 Å². The van der Waals surface area contributed by atoms with Crippen molar-refractivity contribution >= 4 is 5.69 Å². The van der Waals surface area contributed by atoms with Crippen molar-refractivity contribution in [1.82, 2.24) is 0 Å². The van der Waals surface area contributed by atoms with Gasteiger partial charge in [0.25, 0.3) is 0 Å². The van der Waals surface area contributed by atoms with E-state index in [9.17, 15) is 4.39 Å². The summed E-state index contributed by atoms with van der Waals surface area (Å²) in [7, 11) is 1.59. The lowest BCUT2D eigenvalue weighted by Crippen LogP contribution is -2.19. The van der Waals surface area contributed by atoms with Crippen LogP contribution in [-0.4, -0.2) is 7.11 Å². The van der Waals surface area contributed by atoms with Crippen molar-refractivity contribution in [3.05, 3.63) is 59.4 Å². The van der Waals surface area contributed by atoms with Crippen LogP contribution in [0.5, 0.6) is 5.75 Å². The number of ether oxygens (including phenoxy) is 1. The SMILES string of the molecule is COc1ccc(F)c(NC2CCC(C)c3ccccc32)c1. The van der Waals surface area contributed by atoms with Crippen LogP contribution < -0.4 is 10.1 Å². The Morgan fingerprint density at radius 2 is 1.86 bits per heavy atom. The molecule has 2 unspecified atom stereocenters. The molecule has 0 spiro atoms. The molecule has 0 saturated heterocycles. The van der Waals surface area contributed by atoms with E-state index in [4.69, 9.17) is 4.74 Å². The van der Waals surface area contributed by atoms with Crippen molar-refractivity contribution in [2.24, 2.45) is 0 Å². The monoisotopic (exact) mass is 285 g/mol. The van der Waals surface area contributed by atoms with Crippen LogP contribution in [0.25, 0.3) is 0 Å². The fourth-order valence-corrected chi connectivity index (χ4v) is 3.08. The Morgan fingerprint density at radius 3 is 2.62 bits per heavy atom. The molecular weight excluding hydrogens is 265 g/mol. The first-order chi connectivity index (χ1) is 10.2. The average molecular weight is 285 g/mol. The maximum Gasteiger partial charge on any atom is 0.146 e. The molecule has 3 rings (SSSR count). The summed E-state index contributed by atoms with van der Waals surface area (Å²) < 4.78 is 19.2. The molecule has 1 aliphatic carbocycles. The highest BCUT2D eigenvalue weighted by atomic mass is 19.1. The fraction of sp³-hybridized carbons (Fsp3) is 0.333. The molecule has 0 aliphatic heterocycles. The van der Waals surface area contributed by atoms with Gasteiger partial charge < -0.3 is 10.1 Å². The van der Waals surface area contributed by atoms with Crippen LogP contribution in [0.3, 0.4) is 0 Å². The molecule has 2 atom stereocenters.